The average Bonchev–Trinajstić information content (AvgIpc) is 3.03. The van der Waals surface area contributed by atoms with Gasteiger partial charge in [0.2, 0.25) is 0 Å². The zero-order valence-electron chi connectivity index (χ0n) is 14.9. The molecule has 3 rings (SSSR count). The number of rotatable bonds is 5. The third-order valence-electron chi connectivity index (χ3n) is 4.88. The van der Waals surface area contributed by atoms with Gasteiger partial charge in [0.1, 0.15) is 5.82 Å². The van der Waals surface area contributed by atoms with Crippen molar-refractivity contribution in [2.45, 2.75) is 32.9 Å². The van der Waals surface area contributed by atoms with E-state index in [1.807, 2.05) is 31.3 Å². The number of hydrogen-bond acceptors (Lipinski definition) is 3. The molecule has 6 heteroatoms. The molecule has 0 bridgehead atoms. The highest BCUT2D eigenvalue weighted by molar-refractivity contribution is 5.75. The van der Waals surface area contributed by atoms with E-state index < -0.39 is 0 Å². The summed E-state index contributed by atoms with van der Waals surface area (Å²) < 4.78 is 2.09. The first-order valence-corrected chi connectivity index (χ1v) is 8.81. The summed E-state index contributed by atoms with van der Waals surface area (Å²) in [7, 11) is 0. The van der Waals surface area contributed by atoms with Crippen LogP contribution in [0.3, 0.4) is 0 Å². The quantitative estimate of drug-likeness (QED) is 0.874. The molecule has 1 aliphatic heterocycles. The van der Waals surface area contributed by atoms with Crippen LogP contribution < -0.4 is 5.32 Å². The first kappa shape index (κ1) is 17.5. The number of benzene rings is 1. The van der Waals surface area contributed by atoms with Crippen LogP contribution in [0.25, 0.3) is 0 Å². The maximum Gasteiger partial charge on any atom is 0.318 e. The minimum absolute atomic E-state index is 0.0613. The van der Waals surface area contributed by atoms with Crippen LogP contribution in [0.1, 0.15) is 29.9 Å². The number of aliphatic hydroxyl groups is 1. The highest BCUT2D eigenvalue weighted by atomic mass is 16.3. The fraction of sp³-hybridized carbons (Fsp3) is 0.474. The molecule has 2 aromatic rings. The van der Waals surface area contributed by atoms with E-state index in [1.165, 1.54) is 5.56 Å². The number of carbonyl (C=O) groups excluding carboxylic acids is 1. The van der Waals surface area contributed by atoms with E-state index in [4.69, 9.17) is 0 Å². The van der Waals surface area contributed by atoms with E-state index in [2.05, 4.69) is 27.9 Å². The Kier molecular flexibility index (Phi) is 5.38. The Labute approximate surface area is 148 Å². The number of aliphatic hydroxyl groups excluding tert-OH is 1. The van der Waals surface area contributed by atoms with E-state index in [-0.39, 0.29) is 18.7 Å². The van der Waals surface area contributed by atoms with Crippen LogP contribution in [-0.2, 0) is 13.0 Å². The maximum absolute atomic E-state index is 12.6. The lowest BCUT2D eigenvalue weighted by Crippen LogP contribution is -2.47. The molecule has 134 valence electrons. The molecule has 2 heterocycles. The van der Waals surface area contributed by atoms with Gasteiger partial charge in [-0.2, -0.15) is 0 Å². The van der Waals surface area contributed by atoms with Crippen molar-refractivity contribution in [3.8, 4) is 0 Å². The van der Waals surface area contributed by atoms with E-state index in [0.29, 0.717) is 19.0 Å². The lowest BCUT2D eigenvalue weighted by atomic mass is 9.93. The summed E-state index contributed by atoms with van der Waals surface area (Å²) >= 11 is 0. The minimum Gasteiger partial charge on any atom is -0.394 e. The van der Waals surface area contributed by atoms with Crippen LogP contribution in [0.4, 0.5) is 4.79 Å². The number of urea groups is 1. The van der Waals surface area contributed by atoms with Gasteiger partial charge in [-0.3, -0.25) is 0 Å². The van der Waals surface area contributed by atoms with Crippen LogP contribution in [0, 0.1) is 12.8 Å². The molecule has 0 fully saturated rings. The summed E-state index contributed by atoms with van der Waals surface area (Å²) in [6, 6.07) is 7.66. The average molecular weight is 342 g/mol. The Morgan fingerprint density at radius 1 is 1.44 bits per heavy atom. The molecule has 2 N–H and O–H groups in total. The van der Waals surface area contributed by atoms with Gasteiger partial charge in [0.25, 0.3) is 0 Å². The molecule has 6 nitrogen and oxygen atoms in total. The monoisotopic (exact) mass is 342 g/mol. The number of aryl methyl sites for hydroxylation is 1. The second-order valence-corrected chi connectivity index (χ2v) is 6.76. The van der Waals surface area contributed by atoms with E-state index in [1.54, 1.807) is 11.1 Å². The predicted molar refractivity (Wildman–Crippen MR) is 96.2 cm³/mol. The summed E-state index contributed by atoms with van der Waals surface area (Å²) in [4.78, 5) is 18.6. The second-order valence-electron chi connectivity index (χ2n) is 6.76. The fourth-order valence-corrected chi connectivity index (χ4v) is 3.45. The van der Waals surface area contributed by atoms with Gasteiger partial charge in [-0.05, 0) is 30.4 Å². The predicted octanol–water partition coefficient (Wildman–Crippen LogP) is 2.13. The highest BCUT2D eigenvalue weighted by Gasteiger charge is 2.30. The van der Waals surface area contributed by atoms with Gasteiger partial charge >= 0.3 is 6.03 Å². The summed E-state index contributed by atoms with van der Waals surface area (Å²) in [5.74, 6) is 1.27. The molecule has 1 aliphatic rings. The van der Waals surface area contributed by atoms with Crippen LogP contribution in [0.2, 0.25) is 0 Å². The number of aromatic nitrogens is 2. The van der Waals surface area contributed by atoms with E-state index >= 15 is 0 Å². The van der Waals surface area contributed by atoms with Gasteiger partial charge in [0.05, 0.1) is 12.6 Å². The molecular weight excluding hydrogens is 316 g/mol. The number of fused-ring (bicyclic) bond motifs is 1. The molecule has 0 spiro atoms. The molecule has 2 unspecified atom stereocenters. The smallest absolute Gasteiger partial charge is 0.318 e. The minimum atomic E-state index is -0.267. The van der Waals surface area contributed by atoms with Crippen molar-refractivity contribution in [1.29, 1.82) is 0 Å². The lowest BCUT2D eigenvalue weighted by molar-refractivity contribution is 0.126. The molecule has 0 aliphatic carbocycles. The number of nitrogens with one attached hydrogen (secondary N) is 1. The number of imidazole rings is 1. The number of hydrogen-bond donors (Lipinski definition) is 2. The van der Waals surface area contributed by atoms with Crippen LogP contribution in [0.15, 0.2) is 36.7 Å². The van der Waals surface area contributed by atoms with E-state index in [9.17, 15) is 9.90 Å². The maximum atomic E-state index is 12.6. The van der Waals surface area contributed by atoms with Gasteiger partial charge in [-0.1, -0.05) is 31.2 Å². The molecule has 2 atom stereocenters. The first-order chi connectivity index (χ1) is 12.1. The zero-order valence-corrected chi connectivity index (χ0v) is 14.9. The summed E-state index contributed by atoms with van der Waals surface area (Å²) in [5.41, 5.74) is 2.27. The molecule has 0 saturated heterocycles. The molecule has 1 aromatic heterocycles. The van der Waals surface area contributed by atoms with Gasteiger partial charge in [0.15, 0.2) is 0 Å². The molecule has 1 aromatic carbocycles. The molecular formula is C19H26N4O2. The fourth-order valence-electron chi connectivity index (χ4n) is 3.45. The Bertz CT molecular complexity index is 728. The van der Waals surface area contributed by atoms with Crippen LogP contribution in [-0.4, -0.2) is 45.3 Å². The Morgan fingerprint density at radius 3 is 2.96 bits per heavy atom. The van der Waals surface area contributed by atoms with Crippen LogP contribution >= 0.6 is 0 Å². The van der Waals surface area contributed by atoms with Crippen molar-refractivity contribution in [1.82, 2.24) is 19.8 Å². The molecule has 2 amide bonds. The number of amides is 2. The Balaban J connectivity index is 1.58. The molecule has 0 saturated carbocycles. The normalized spacial score (nSPS) is 17.9. The summed E-state index contributed by atoms with van der Waals surface area (Å²) in [5, 5.41) is 12.8. The van der Waals surface area contributed by atoms with Gasteiger partial charge in [0, 0.05) is 32.0 Å². The Hall–Kier alpha value is -2.34. The third kappa shape index (κ3) is 3.85. The summed E-state index contributed by atoms with van der Waals surface area (Å²) in [6.45, 7) is 6.06. The van der Waals surface area contributed by atoms with Crippen molar-refractivity contribution in [2.24, 2.45) is 5.92 Å². The van der Waals surface area contributed by atoms with Crippen molar-refractivity contribution >= 4 is 6.03 Å². The van der Waals surface area contributed by atoms with Gasteiger partial charge in [-0.25, -0.2) is 9.78 Å². The van der Waals surface area contributed by atoms with Crippen molar-refractivity contribution in [2.75, 3.05) is 19.7 Å². The second kappa shape index (κ2) is 7.70. The lowest BCUT2D eigenvalue weighted by Gasteiger charge is -2.36. The summed E-state index contributed by atoms with van der Waals surface area (Å²) in [6.07, 6.45) is 4.57. The standard InChI is InChI=1S/C19H26N4O2/c1-14(12-22-10-8-20-15(22)2)11-21-19(25)23-9-7-16-5-3-4-6-17(16)18(23)13-24/h3-6,8,10,14,18,24H,7,9,11-13H2,1-2H3,(H,21,25). The molecule has 0 radical (unpaired) electrons. The van der Waals surface area contributed by atoms with Gasteiger partial charge in [-0.15, -0.1) is 0 Å². The van der Waals surface area contributed by atoms with Crippen molar-refractivity contribution in [3.63, 3.8) is 0 Å². The zero-order chi connectivity index (χ0) is 17.8. The van der Waals surface area contributed by atoms with Crippen LogP contribution in [0.5, 0.6) is 0 Å². The van der Waals surface area contributed by atoms with E-state index in [0.717, 1.165) is 24.4 Å². The largest absolute Gasteiger partial charge is 0.394 e. The SMILES string of the molecule is Cc1nccn1CC(C)CNC(=O)N1CCc2ccccc2C1CO. The van der Waals surface area contributed by atoms with Crippen molar-refractivity contribution < 1.29 is 9.90 Å². The Morgan fingerprint density at radius 2 is 2.24 bits per heavy atom. The third-order valence-corrected chi connectivity index (χ3v) is 4.88. The highest BCUT2D eigenvalue weighted by Crippen LogP contribution is 2.29. The topological polar surface area (TPSA) is 70.4 Å². The number of carbonyl (C=O) groups is 1. The van der Waals surface area contributed by atoms with Crippen molar-refractivity contribution in [3.05, 3.63) is 53.6 Å². The van der Waals surface area contributed by atoms with Gasteiger partial charge < -0.3 is 19.9 Å². The molecule has 25 heavy (non-hydrogen) atoms. The number of nitrogens with zero attached hydrogens (tertiary/aromatic N) is 3. The first-order valence-electron chi connectivity index (χ1n) is 8.81.